The molecule has 9 nitrogen and oxygen atoms in total. The number of aliphatic hydroxyl groups excluding tert-OH is 2. The molecule has 0 spiro atoms. The summed E-state index contributed by atoms with van der Waals surface area (Å²) in [6.07, 6.45) is 1.67. The van der Waals surface area contributed by atoms with Gasteiger partial charge in [0.1, 0.15) is 18.1 Å². The maximum absolute atomic E-state index is 12.0. The van der Waals surface area contributed by atoms with E-state index >= 15 is 0 Å². The number of rotatable bonds is 5. The van der Waals surface area contributed by atoms with Gasteiger partial charge in [-0.3, -0.25) is 4.57 Å². The van der Waals surface area contributed by atoms with Crippen LogP contribution in [0.1, 0.15) is 25.1 Å². The SMILES string of the molecule is CCOC(=O)/C=C/c1cn([C@H]2C[C@H](O)[C@@H](CO)O2)c(=O)nc1N. The fourth-order valence-electron chi connectivity index (χ4n) is 2.23. The van der Waals surface area contributed by atoms with Gasteiger partial charge in [0.2, 0.25) is 0 Å². The van der Waals surface area contributed by atoms with Crippen LogP contribution >= 0.6 is 0 Å². The first-order chi connectivity index (χ1) is 11.0. The zero-order valence-electron chi connectivity index (χ0n) is 12.6. The Labute approximate surface area is 132 Å². The monoisotopic (exact) mass is 325 g/mol. The predicted octanol–water partition coefficient (Wildman–Crippen LogP) is -0.957. The highest BCUT2D eigenvalue weighted by Crippen LogP contribution is 2.27. The zero-order chi connectivity index (χ0) is 17.0. The first-order valence-corrected chi connectivity index (χ1v) is 7.14. The number of nitrogens with two attached hydrogens (primary N) is 1. The molecule has 2 heterocycles. The number of hydrogen-bond donors (Lipinski definition) is 3. The molecule has 1 aromatic heterocycles. The van der Waals surface area contributed by atoms with E-state index in [4.69, 9.17) is 20.3 Å². The molecule has 9 heteroatoms. The Morgan fingerprint density at radius 3 is 3.00 bits per heavy atom. The smallest absolute Gasteiger partial charge is 0.351 e. The summed E-state index contributed by atoms with van der Waals surface area (Å²) in [5.41, 5.74) is 5.36. The Balaban J connectivity index is 2.27. The molecule has 0 unspecified atom stereocenters. The van der Waals surface area contributed by atoms with Crippen molar-refractivity contribution in [2.24, 2.45) is 0 Å². The van der Waals surface area contributed by atoms with Gasteiger partial charge in [-0.25, -0.2) is 9.59 Å². The van der Waals surface area contributed by atoms with Crippen LogP contribution < -0.4 is 11.4 Å². The van der Waals surface area contributed by atoms with E-state index in [-0.39, 0.29) is 25.5 Å². The van der Waals surface area contributed by atoms with E-state index in [1.54, 1.807) is 6.92 Å². The highest BCUT2D eigenvalue weighted by atomic mass is 16.5. The van der Waals surface area contributed by atoms with Crippen molar-refractivity contribution in [2.75, 3.05) is 18.9 Å². The Hall–Kier alpha value is -2.23. The second-order valence-corrected chi connectivity index (χ2v) is 4.97. The molecule has 126 valence electrons. The lowest BCUT2D eigenvalue weighted by Crippen LogP contribution is -2.28. The summed E-state index contributed by atoms with van der Waals surface area (Å²) < 4.78 is 11.3. The zero-order valence-corrected chi connectivity index (χ0v) is 12.6. The van der Waals surface area contributed by atoms with Crippen molar-refractivity contribution in [3.8, 4) is 0 Å². The lowest BCUT2D eigenvalue weighted by molar-refractivity contribution is -0.137. The first-order valence-electron chi connectivity index (χ1n) is 7.14. The van der Waals surface area contributed by atoms with Gasteiger partial charge in [-0.2, -0.15) is 4.98 Å². The maximum Gasteiger partial charge on any atom is 0.351 e. The van der Waals surface area contributed by atoms with Crippen LogP contribution in [0, 0.1) is 0 Å². The number of ether oxygens (including phenoxy) is 2. The van der Waals surface area contributed by atoms with Crippen LogP contribution in [-0.4, -0.2) is 51.2 Å². The highest BCUT2D eigenvalue weighted by molar-refractivity contribution is 5.87. The molecule has 1 aromatic rings. The van der Waals surface area contributed by atoms with Crippen molar-refractivity contribution in [1.82, 2.24) is 9.55 Å². The summed E-state index contributed by atoms with van der Waals surface area (Å²) in [6, 6.07) is 0. The van der Waals surface area contributed by atoms with E-state index in [0.717, 1.165) is 0 Å². The van der Waals surface area contributed by atoms with Crippen LogP contribution in [0.5, 0.6) is 0 Å². The number of esters is 1. The van der Waals surface area contributed by atoms with E-state index in [1.165, 1.54) is 22.9 Å². The van der Waals surface area contributed by atoms with E-state index < -0.39 is 30.1 Å². The summed E-state index contributed by atoms with van der Waals surface area (Å²) in [4.78, 5) is 27.0. The van der Waals surface area contributed by atoms with Crippen molar-refractivity contribution in [2.45, 2.75) is 31.8 Å². The average Bonchev–Trinajstić information content (AvgIpc) is 2.87. The van der Waals surface area contributed by atoms with Crippen molar-refractivity contribution in [1.29, 1.82) is 0 Å². The molecule has 1 aliphatic heterocycles. The molecule has 1 saturated heterocycles. The Morgan fingerprint density at radius 2 is 2.39 bits per heavy atom. The third kappa shape index (κ3) is 3.95. The molecular weight excluding hydrogens is 306 g/mol. The van der Waals surface area contributed by atoms with Crippen LogP contribution in [0.15, 0.2) is 17.1 Å². The van der Waals surface area contributed by atoms with Gasteiger partial charge in [0.25, 0.3) is 0 Å². The van der Waals surface area contributed by atoms with Gasteiger partial charge in [0, 0.05) is 24.3 Å². The molecule has 1 fully saturated rings. The minimum absolute atomic E-state index is 0.0379. The summed E-state index contributed by atoms with van der Waals surface area (Å²) in [7, 11) is 0. The van der Waals surface area contributed by atoms with Crippen LogP contribution in [0.25, 0.3) is 6.08 Å². The second kappa shape index (κ2) is 7.36. The molecular formula is C14H19N3O6. The summed E-state index contributed by atoms with van der Waals surface area (Å²) in [5, 5.41) is 18.8. The molecule has 2 rings (SSSR count). The van der Waals surface area contributed by atoms with Crippen LogP contribution in [0.4, 0.5) is 5.82 Å². The van der Waals surface area contributed by atoms with Gasteiger partial charge >= 0.3 is 11.7 Å². The minimum atomic E-state index is -0.882. The quantitative estimate of drug-likeness (QED) is 0.465. The van der Waals surface area contributed by atoms with E-state index in [0.29, 0.717) is 5.56 Å². The standard InChI is InChI=1S/C14H19N3O6/c1-2-22-12(20)4-3-8-6-17(14(21)16-13(8)15)11-5-9(19)10(7-18)23-11/h3-4,6,9-11,18-19H,2,5,7H2,1H3,(H2,15,16,21)/b4-3+/t9-,10+,11+/m0/s1. The summed E-state index contributed by atoms with van der Waals surface area (Å²) in [5.74, 6) is -0.582. The molecule has 0 aliphatic carbocycles. The number of carbonyl (C=O) groups is 1. The number of carbonyl (C=O) groups excluding carboxylic acids is 1. The number of aliphatic hydroxyl groups is 2. The molecule has 0 saturated carbocycles. The Kier molecular flexibility index (Phi) is 5.48. The van der Waals surface area contributed by atoms with Gasteiger partial charge in [-0.1, -0.05) is 0 Å². The highest BCUT2D eigenvalue weighted by Gasteiger charge is 2.35. The van der Waals surface area contributed by atoms with Crippen LogP contribution in [-0.2, 0) is 14.3 Å². The molecule has 23 heavy (non-hydrogen) atoms. The largest absolute Gasteiger partial charge is 0.463 e. The normalized spacial score (nSPS) is 24.2. The molecule has 0 amide bonds. The van der Waals surface area contributed by atoms with Gasteiger partial charge in [-0.15, -0.1) is 0 Å². The summed E-state index contributed by atoms with van der Waals surface area (Å²) in [6.45, 7) is 1.57. The van der Waals surface area contributed by atoms with Gasteiger partial charge in [0.15, 0.2) is 0 Å². The number of nitrogens with zero attached hydrogens (tertiary/aromatic N) is 2. The third-order valence-corrected chi connectivity index (χ3v) is 3.39. The van der Waals surface area contributed by atoms with Crippen molar-refractivity contribution < 1.29 is 24.5 Å². The fraction of sp³-hybridized carbons (Fsp3) is 0.500. The van der Waals surface area contributed by atoms with E-state index in [1.807, 2.05) is 0 Å². The third-order valence-electron chi connectivity index (χ3n) is 3.39. The maximum atomic E-state index is 12.0. The lowest BCUT2D eigenvalue weighted by Gasteiger charge is -2.15. The van der Waals surface area contributed by atoms with Crippen molar-refractivity contribution in [3.63, 3.8) is 0 Å². The minimum Gasteiger partial charge on any atom is -0.463 e. The van der Waals surface area contributed by atoms with Crippen LogP contribution in [0.2, 0.25) is 0 Å². The van der Waals surface area contributed by atoms with Gasteiger partial charge < -0.3 is 25.4 Å². The second-order valence-electron chi connectivity index (χ2n) is 4.97. The predicted molar refractivity (Wildman–Crippen MR) is 80.2 cm³/mol. The van der Waals surface area contributed by atoms with E-state index in [2.05, 4.69) is 4.98 Å². The molecule has 0 bridgehead atoms. The van der Waals surface area contributed by atoms with E-state index in [9.17, 15) is 14.7 Å². The Bertz CT molecular complexity index is 656. The first kappa shape index (κ1) is 17.1. The molecule has 4 N–H and O–H groups in total. The molecule has 0 aromatic carbocycles. The lowest BCUT2D eigenvalue weighted by atomic mass is 10.2. The Morgan fingerprint density at radius 1 is 1.65 bits per heavy atom. The van der Waals surface area contributed by atoms with Gasteiger partial charge in [-0.05, 0) is 13.0 Å². The van der Waals surface area contributed by atoms with Gasteiger partial charge in [0.05, 0.1) is 19.3 Å². The molecule has 1 aliphatic rings. The number of hydrogen-bond acceptors (Lipinski definition) is 8. The summed E-state index contributed by atoms with van der Waals surface area (Å²) >= 11 is 0. The topological polar surface area (TPSA) is 137 Å². The molecule has 3 atom stereocenters. The van der Waals surface area contributed by atoms with Crippen LogP contribution in [0.3, 0.4) is 0 Å². The molecule has 0 radical (unpaired) electrons. The van der Waals surface area contributed by atoms with Crippen molar-refractivity contribution >= 4 is 17.9 Å². The number of nitrogen functional groups attached to an aromatic ring is 1. The number of aromatic nitrogens is 2. The number of anilines is 1. The van der Waals surface area contributed by atoms with Crippen molar-refractivity contribution in [3.05, 3.63) is 28.3 Å². The fourth-order valence-corrected chi connectivity index (χ4v) is 2.23. The average molecular weight is 325 g/mol.